The summed E-state index contributed by atoms with van der Waals surface area (Å²) in [5.41, 5.74) is -0.649. The minimum atomic E-state index is -0.649. The zero-order valence-corrected chi connectivity index (χ0v) is 11.8. The number of nitrogens with zero attached hydrogens (tertiary/aromatic N) is 2. The molecule has 2 heterocycles. The van der Waals surface area contributed by atoms with Crippen LogP contribution in [0, 0.1) is 0 Å². The van der Waals surface area contributed by atoms with Crippen LogP contribution in [0.25, 0.3) is 0 Å². The molecule has 2 aliphatic heterocycles. The Morgan fingerprint density at radius 1 is 1.16 bits per heavy atom. The lowest BCUT2D eigenvalue weighted by atomic mass is 9.91. The van der Waals surface area contributed by atoms with Gasteiger partial charge in [0.15, 0.2) is 0 Å². The molecule has 0 aromatic heterocycles. The molecule has 0 aliphatic carbocycles. The highest BCUT2D eigenvalue weighted by atomic mass is 16.5. The fraction of sp³-hybridized carbons (Fsp3) is 0.846. The maximum atomic E-state index is 12.0. The Kier molecular flexibility index (Phi) is 4.42. The lowest BCUT2D eigenvalue weighted by Gasteiger charge is -2.35. The van der Waals surface area contributed by atoms with Crippen molar-refractivity contribution in [2.45, 2.75) is 32.2 Å². The molecular formula is C13H23N3O3. The van der Waals surface area contributed by atoms with Crippen LogP contribution in [0.15, 0.2) is 0 Å². The monoisotopic (exact) mass is 269 g/mol. The first-order valence-corrected chi connectivity index (χ1v) is 7.07. The zero-order chi connectivity index (χ0) is 13.9. The Morgan fingerprint density at radius 2 is 1.79 bits per heavy atom. The third-order valence-corrected chi connectivity index (χ3v) is 4.32. The summed E-state index contributed by atoms with van der Waals surface area (Å²) in [5, 5.41) is 2.45. The summed E-state index contributed by atoms with van der Waals surface area (Å²) in [6.07, 6.45) is 1.31. The van der Waals surface area contributed by atoms with Crippen molar-refractivity contribution in [2.75, 3.05) is 39.4 Å². The molecule has 0 saturated carbocycles. The molecule has 2 rings (SSSR count). The van der Waals surface area contributed by atoms with Crippen LogP contribution >= 0.6 is 0 Å². The van der Waals surface area contributed by atoms with Crippen LogP contribution < -0.4 is 5.32 Å². The number of nitrogens with one attached hydrogen (secondary N) is 1. The molecule has 0 aromatic carbocycles. The lowest BCUT2D eigenvalue weighted by molar-refractivity contribution is -0.127. The number of ether oxygens (including phenoxy) is 1. The third kappa shape index (κ3) is 2.60. The van der Waals surface area contributed by atoms with Gasteiger partial charge in [0.05, 0.1) is 13.2 Å². The number of rotatable bonds is 5. The molecule has 0 aromatic rings. The van der Waals surface area contributed by atoms with E-state index in [9.17, 15) is 9.59 Å². The van der Waals surface area contributed by atoms with Crippen molar-refractivity contribution < 1.29 is 14.3 Å². The van der Waals surface area contributed by atoms with Gasteiger partial charge in [-0.15, -0.1) is 0 Å². The fourth-order valence-electron chi connectivity index (χ4n) is 2.93. The van der Waals surface area contributed by atoms with Gasteiger partial charge in [0.1, 0.15) is 5.54 Å². The topological polar surface area (TPSA) is 61.9 Å². The van der Waals surface area contributed by atoms with E-state index in [1.807, 2.05) is 13.8 Å². The van der Waals surface area contributed by atoms with Crippen molar-refractivity contribution in [1.29, 1.82) is 0 Å². The quantitative estimate of drug-likeness (QED) is 0.735. The second kappa shape index (κ2) is 5.88. The van der Waals surface area contributed by atoms with Crippen LogP contribution in [0.5, 0.6) is 0 Å². The van der Waals surface area contributed by atoms with Crippen LogP contribution in [0.2, 0.25) is 0 Å². The first-order valence-electron chi connectivity index (χ1n) is 7.07. The Morgan fingerprint density at radius 3 is 2.37 bits per heavy atom. The van der Waals surface area contributed by atoms with Crippen LogP contribution in [0.4, 0.5) is 4.79 Å². The average molecular weight is 269 g/mol. The molecule has 0 spiro atoms. The van der Waals surface area contributed by atoms with E-state index in [-0.39, 0.29) is 11.9 Å². The van der Waals surface area contributed by atoms with Gasteiger partial charge >= 0.3 is 6.03 Å². The number of morpholine rings is 1. The number of urea groups is 1. The van der Waals surface area contributed by atoms with Crippen molar-refractivity contribution in [1.82, 2.24) is 15.1 Å². The number of amides is 3. The number of imide groups is 1. The van der Waals surface area contributed by atoms with E-state index in [2.05, 4.69) is 10.2 Å². The van der Waals surface area contributed by atoms with E-state index in [1.165, 1.54) is 0 Å². The average Bonchev–Trinajstić information content (AvgIpc) is 2.68. The van der Waals surface area contributed by atoms with Crippen LogP contribution in [-0.4, -0.2) is 66.7 Å². The Bertz CT molecular complexity index is 349. The standard InChI is InChI=1S/C13H23N3O3/c1-3-13(4-2)11(17)14-12(18)16(13)6-5-15-7-9-19-10-8-15/h3-10H2,1-2H3,(H,14,17,18). The fourth-order valence-corrected chi connectivity index (χ4v) is 2.93. The third-order valence-electron chi connectivity index (χ3n) is 4.32. The van der Waals surface area contributed by atoms with Gasteiger partial charge in [-0.3, -0.25) is 15.0 Å². The molecule has 0 radical (unpaired) electrons. The highest BCUT2D eigenvalue weighted by Crippen LogP contribution is 2.28. The van der Waals surface area contributed by atoms with E-state index in [4.69, 9.17) is 4.74 Å². The predicted molar refractivity (Wildman–Crippen MR) is 70.8 cm³/mol. The number of hydrogen-bond donors (Lipinski definition) is 1. The predicted octanol–water partition coefficient (Wildman–Crippen LogP) is 0.429. The molecule has 2 aliphatic rings. The minimum absolute atomic E-state index is 0.149. The van der Waals surface area contributed by atoms with E-state index in [0.29, 0.717) is 19.4 Å². The van der Waals surface area contributed by atoms with Crippen LogP contribution in [-0.2, 0) is 9.53 Å². The van der Waals surface area contributed by atoms with Crippen LogP contribution in [0.1, 0.15) is 26.7 Å². The van der Waals surface area contributed by atoms with Crippen molar-refractivity contribution in [3.05, 3.63) is 0 Å². The van der Waals surface area contributed by atoms with Crippen LogP contribution in [0.3, 0.4) is 0 Å². The largest absolute Gasteiger partial charge is 0.379 e. The molecule has 6 heteroatoms. The molecule has 0 unspecified atom stereocenters. The van der Waals surface area contributed by atoms with Gasteiger partial charge in [0.2, 0.25) is 0 Å². The highest BCUT2D eigenvalue weighted by Gasteiger charge is 2.49. The summed E-state index contributed by atoms with van der Waals surface area (Å²) in [5.74, 6) is -0.149. The highest BCUT2D eigenvalue weighted by molar-refractivity contribution is 6.06. The van der Waals surface area contributed by atoms with Crippen molar-refractivity contribution >= 4 is 11.9 Å². The summed E-state index contributed by atoms with van der Waals surface area (Å²) in [6, 6.07) is -0.248. The molecule has 0 bridgehead atoms. The Labute approximate surface area is 114 Å². The Hall–Kier alpha value is -1.14. The van der Waals surface area contributed by atoms with E-state index in [0.717, 1.165) is 32.8 Å². The molecule has 19 heavy (non-hydrogen) atoms. The maximum Gasteiger partial charge on any atom is 0.325 e. The van der Waals surface area contributed by atoms with Gasteiger partial charge < -0.3 is 9.64 Å². The van der Waals surface area contributed by atoms with Crippen molar-refractivity contribution in [3.8, 4) is 0 Å². The maximum absolute atomic E-state index is 12.0. The first-order chi connectivity index (χ1) is 9.14. The van der Waals surface area contributed by atoms with Gasteiger partial charge in [-0.1, -0.05) is 13.8 Å². The number of carbonyl (C=O) groups is 2. The van der Waals surface area contributed by atoms with Gasteiger partial charge in [-0.2, -0.15) is 0 Å². The second-order valence-corrected chi connectivity index (χ2v) is 5.10. The smallest absolute Gasteiger partial charge is 0.325 e. The molecule has 1 N–H and O–H groups in total. The number of carbonyl (C=O) groups excluding carboxylic acids is 2. The summed E-state index contributed by atoms with van der Waals surface area (Å²) < 4.78 is 5.30. The number of hydrogen-bond acceptors (Lipinski definition) is 4. The van der Waals surface area contributed by atoms with Gasteiger partial charge in [-0.25, -0.2) is 4.79 Å². The second-order valence-electron chi connectivity index (χ2n) is 5.10. The normalized spacial score (nSPS) is 23.8. The van der Waals surface area contributed by atoms with E-state index < -0.39 is 5.54 Å². The summed E-state index contributed by atoms with van der Waals surface area (Å²) in [7, 11) is 0. The SMILES string of the molecule is CCC1(CC)C(=O)NC(=O)N1CCN1CCOCC1. The molecular weight excluding hydrogens is 246 g/mol. The van der Waals surface area contributed by atoms with Gasteiger partial charge in [0.25, 0.3) is 5.91 Å². The zero-order valence-electron chi connectivity index (χ0n) is 11.8. The molecule has 3 amide bonds. The molecule has 6 nitrogen and oxygen atoms in total. The summed E-state index contributed by atoms with van der Waals surface area (Å²) >= 11 is 0. The molecule has 2 fully saturated rings. The van der Waals surface area contributed by atoms with Crippen molar-refractivity contribution in [3.63, 3.8) is 0 Å². The first kappa shape index (κ1) is 14.3. The van der Waals surface area contributed by atoms with Crippen molar-refractivity contribution in [2.24, 2.45) is 0 Å². The van der Waals surface area contributed by atoms with Gasteiger partial charge in [0, 0.05) is 26.2 Å². The lowest BCUT2D eigenvalue weighted by Crippen LogP contribution is -2.51. The Balaban J connectivity index is 2.00. The summed E-state index contributed by atoms with van der Waals surface area (Å²) in [4.78, 5) is 28.0. The molecule has 108 valence electrons. The van der Waals surface area contributed by atoms with Gasteiger partial charge in [-0.05, 0) is 12.8 Å². The minimum Gasteiger partial charge on any atom is -0.379 e. The van der Waals surface area contributed by atoms with E-state index in [1.54, 1.807) is 4.90 Å². The molecule has 0 atom stereocenters. The molecule has 2 saturated heterocycles. The van der Waals surface area contributed by atoms with E-state index >= 15 is 0 Å². The summed E-state index contributed by atoms with van der Waals surface area (Å²) in [6.45, 7) is 8.61.